The van der Waals surface area contributed by atoms with Crippen molar-refractivity contribution in [3.63, 3.8) is 0 Å². The zero-order valence-electron chi connectivity index (χ0n) is 9.49. The maximum atomic E-state index is 10.4. The van der Waals surface area contributed by atoms with Gasteiger partial charge in [0.1, 0.15) is 0 Å². The molecule has 0 bridgehead atoms. The van der Waals surface area contributed by atoms with Crippen LogP contribution >= 0.6 is 11.3 Å². The average Bonchev–Trinajstić information content (AvgIpc) is 2.74. The van der Waals surface area contributed by atoms with E-state index in [1.807, 2.05) is 6.92 Å². The number of rotatable bonds is 3. The van der Waals surface area contributed by atoms with Gasteiger partial charge in [-0.25, -0.2) is 4.98 Å². The van der Waals surface area contributed by atoms with Gasteiger partial charge in [0.25, 0.3) is 0 Å². The summed E-state index contributed by atoms with van der Waals surface area (Å²) in [4.78, 5) is 4.43. The molecule has 1 heterocycles. The highest BCUT2D eigenvalue weighted by molar-refractivity contribution is 7.09. The third-order valence-corrected chi connectivity index (χ3v) is 4.38. The highest BCUT2D eigenvalue weighted by Crippen LogP contribution is 2.38. The van der Waals surface area contributed by atoms with Gasteiger partial charge in [-0.2, -0.15) is 0 Å². The molecule has 84 valence electrons. The van der Waals surface area contributed by atoms with E-state index >= 15 is 0 Å². The highest BCUT2D eigenvalue weighted by Gasteiger charge is 2.37. The predicted molar refractivity (Wildman–Crippen MR) is 63.1 cm³/mol. The quantitative estimate of drug-likeness (QED) is 0.858. The maximum Gasteiger partial charge on any atom is 0.0956 e. The molecule has 1 aromatic heterocycles. The fourth-order valence-electron chi connectivity index (χ4n) is 2.49. The fourth-order valence-corrected chi connectivity index (χ4v) is 3.40. The lowest BCUT2D eigenvalue weighted by Crippen LogP contribution is -2.27. The smallest absolute Gasteiger partial charge is 0.0956 e. The van der Waals surface area contributed by atoms with Gasteiger partial charge in [-0.1, -0.05) is 13.3 Å². The summed E-state index contributed by atoms with van der Waals surface area (Å²) in [6.45, 7) is 4.22. The zero-order chi connectivity index (χ0) is 10.9. The van der Waals surface area contributed by atoms with Gasteiger partial charge < -0.3 is 5.11 Å². The molecule has 1 aliphatic carbocycles. The minimum Gasteiger partial charge on any atom is -0.389 e. The second-order valence-electron chi connectivity index (χ2n) is 4.80. The normalized spacial score (nSPS) is 31.0. The molecule has 0 spiro atoms. The Bertz CT molecular complexity index is 336. The number of hydrogen-bond donors (Lipinski definition) is 1. The van der Waals surface area contributed by atoms with Crippen LogP contribution in [0.3, 0.4) is 0 Å². The van der Waals surface area contributed by atoms with Crippen molar-refractivity contribution in [1.82, 2.24) is 4.98 Å². The van der Waals surface area contributed by atoms with E-state index in [-0.39, 0.29) is 0 Å². The number of aryl methyl sites for hydroxylation is 1. The van der Waals surface area contributed by atoms with Gasteiger partial charge in [-0.15, -0.1) is 11.3 Å². The molecule has 15 heavy (non-hydrogen) atoms. The molecule has 2 rings (SSSR count). The standard InChI is InChI=1S/C12H19NOS/c1-3-10-4-5-12(14,6-10)7-11-13-9(2)8-15-11/h8,10,14H,3-7H2,1-2H3. The third-order valence-electron chi connectivity index (χ3n) is 3.41. The van der Waals surface area contributed by atoms with E-state index in [9.17, 15) is 5.11 Å². The first-order chi connectivity index (χ1) is 7.11. The lowest BCUT2D eigenvalue weighted by Gasteiger charge is -2.21. The first-order valence-corrected chi connectivity index (χ1v) is 6.63. The SMILES string of the molecule is CCC1CCC(O)(Cc2nc(C)cs2)C1. The van der Waals surface area contributed by atoms with Crippen LogP contribution in [0.2, 0.25) is 0 Å². The molecular formula is C12H19NOS. The zero-order valence-corrected chi connectivity index (χ0v) is 10.3. The summed E-state index contributed by atoms with van der Waals surface area (Å²) in [5, 5.41) is 13.6. The monoisotopic (exact) mass is 225 g/mol. The van der Waals surface area contributed by atoms with Crippen molar-refractivity contribution in [2.75, 3.05) is 0 Å². The molecule has 0 radical (unpaired) electrons. The van der Waals surface area contributed by atoms with E-state index in [0.29, 0.717) is 0 Å². The van der Waals surface area contributed by atoms with Crippen molar-refractivity contribution in [2.45, 2.75) is 51.6 Å². The molecule has 1 fully saturated rings. The van der Waals surface area contributed by atoms with Crippen LogP contribution in [-0.4, -0.2) is 15.7 Å². The van der Waals surface area contributed by atoms with Gasteiger partial charge in [0.2, 0.25) is 0 Å². The molecule has 2 unspecified atom stereocenters. The van der Waals surface area contributed by atoms with Crippen molar-refractivity contribution in [2.24, 2.45) is 5.92 Å². The third kappa shape index (κ3) is 2.58. The number of aliphatic hydroxyl groups is 1. The first-order valence-electron chi connectivity index (χ1n) is 5.75. The molecule has 1 N–H and O–H groups in total. The summed E-state index contributed by atoms with van der Waals surface area (Å²) in [7, 11) is 0. The van der Waals surface area contributed by atoms with Gasteiger partial charge in [-0.3, -0.25) is 0 Å². The second kappa shape index (κ2) is 4.22. The van der Waals surface area contributed by atoms with Gasteiger partial charge in [0.15, 0.2) is 0 Å². The lowest BCUT2D eigenvalue weighted by atomic mass is 9.96. The van der Waals surface area contributed by atoms with Crippen molar-refractivity contribution < 1.29 is 5.11 Å². The number of hydrogen-bond acceptors (Lipinski definition) is 3. The van der Waals surface area contributed by atoms with Crippen LogP contribution in [-0.2, 0) is 6.42 Å². The Morgan fingerprint density at radius 3 is 3.00 bits per heavy atom. The van der Waals surface area contributed by atoms with Crippen molar-refractivity contribution in [3.8, 4) is 0 Å². The van der Waals surface area contributed by atoms with Crippen LogP contribution in [0.25, 0.3) is 0 Å². The minimum absolute atomic E-state index is 0.467. The summed E-state index contributed by atoms with van der Waals surface area (Å²) in [6.07, 6.45) is 5.03. The van der Waals surface area contributed by atoms with Crippen LogP contribution in [0, 0.1) is 12.8 Å². The fraction of sp³-hybridized carbons (Fsp3) is 0.750. The summed E-state index contributed by atoms with van der Waals surface area (Å²) >= 11 is 1.67. The second-order valence-corrected chi connectivity index (χ2v) is 5.74. The lowest BCUT2D eigenvalue weighted by molar-refractivity contribution is 0.0436. The van der Waals surface area contributed by atoms with Gasteiger partial charge in [-0.05, 0) is 32.1 Å². The highest BCUT2D eigenvalue weighted by atomic mass is 32.1. The Kier molecular flexibility index (Phi) is 3.12. The van der Waals surface area contributed by atoms with Crippen LogP contribution in [0.1, 0.15) is 43.3 Å². The average molecular weight is 225 g/mol. The van der Waals surface area contributed by atoms with Gasteiger partial charge >= 0.3 is 0 Å². The molecule has 0 aromatic carbocycles. The largest absolute Gasteiger partial charge is 0.389 e. The van der Waals surface area contributed by atoms with E-state index in [1.165, 1.54) is 12.8 Å². The number of thiazole rings is 1. The Morgan fingerprint density at radius 1 is 1.67 bits per heavy atom. The summed E-state index contributed by atoms with van der Waals surface area (Å²) < 4.78 is 0. The maximum absolute atomic E-state index is 10.4. The molecule has 0 amide bonds. The van der Waals surface area contributed by atoms with Crippen LogP contribution < -0.4 is 0 Å². The minimum atomic E-state index is -0.467. The van der Waals surface area contributed by atoms with E-state index in [4.69, 9.17) is 0 Å². The molecule has 0 aliphatic heterocycles. The Hall–Kier alpha value is -0.410. The molecule has 2 nitrogen and oxygen atoms in total. The molecule has 3 heteroatoms. The van der Waals surface area contributed by atoms with E-state index in [1.54, 1.807) is 11.3 Å². The van der Waals surface area contributed by atoms with Crippen molar-refractivity contribution in [1.29, 1.82) is 0 Å². The van der Waals surface area contributed by atoms with Crippen LogP contribution in [0.15, 0.2) is 5.38 Å². The summed E-state index contributed by atoms with van der Waals surface area (Å²) in [5.74, 6) is 0.719. The summed E-state index contributed by atoms with van der Waals surface area (Å²) in [6, 6.07) is 0. The van der Waals surface area contributed by atoms with Crippen molar-refractivity contribution >= 4 is 11.3 Å². The topological polar surface area (TPSA) is 33.1 Å². The van der Waals surface area contributed by atoms with Gasteiger partial charge in [0.05, 0.1) is 10.6 Å². The van der Waals surface area contributed by atoms with E-state index in [2.05, 4.69) is 17.3 Å². The number of aromatic nitrogens is 1. The number of nitrogens with zero attached hydrogens (tertiary/aromatic N) is 1. The predicted octanol–water partition coefficient (Wildman–Crippen LogP) is 2.94. The Morgan fingerprint density at radius 2 is 2.47 bits per heavy atom. The van der Waals surface area contributed by atoms with Crippen LogP contribution in [0.5, 0.6) is 0 Å². The molecule has 1 aliphatic rings. The van der Waals surface area contributed by atoms with Crippen molar-refractivity contribution in [3.05, 3.63) is 16.1 Å². The molecule has 2 atom stereocenters. The molecule has 1 aromatic rings. The van der Waals surface area contributed by atoms with E-state index in [0.717, 1.165) is 35.9 Å². The molecule has 1 saturated carbocycles. The first kappa shape index (κ1) is 11.1. The molecular weight excluding hydrogens is 206 g/mol. The van der Waals surface area contributed by atoms with Crippen LogP contribution in [0.4, 0.5) is 0 Å². The Balaban J connectivity index is 2.00. The Labute approximate surface area is 95.4 Å². The molecule has 0 saturated heterocycles. The summed E-state index contributed by atoms with van der Waals surface area (Å²) in [5.41, 5.74) is 0.606. The van der Waals surface area contributed by atoms with E-state index < -0.39 is 5.60 Å². The van der Waals surface area contributed by atoms with Gasteiger partial charge in [0, 0.05) is 17.5 Å².